The largest absolute Gasteiger partial charge is 0.349 e. The van der Waals surface area contributed by atoms with Gasteiger partial charge in [0, 0.05) is 11.6 Å². The van der Waals surface area contributed by atoms with Crippen LogP contribution in [0.25, 0.3) is 0 Å². The lowest BCUT2D eigenvalue weighted by atomic mass is 9.93. The Hall–Kier alpha value is -3.02. The van der Waals surface area contributed by atoms with Crippen molar-refractivity contribution in [2.45, 2.75) is 37.1 Å². The van der Waals surface area contributed by atoms with Gasteiger partial charge in [-0.05, 0) is 54.5 Å². The van der Waals surface area contributed by atoms with E-state index >= 15 is 0 Å². The molecule has 26 heavy (non-hydrogen) atoms. The summed E-state index contributed by atoms with van der Waals surface area (Å²) in [5, 5.41) is 17.7. The summed E-state index contributed by atoms with van der Waals surface area (Å²) in [5.41, 5.74) is 4.25. The molecule has 6 heteroatoms. The molecule has 6 nitrogen and oxygen atoms in total. The standard InChI is InChI=1S/C20H19N5O/c26-18(21-17-11-13-4-1-2-5-14(13)12-17)15-6-3-7-16(10-15)20(8-9-20)19-22-24-25-23-19/h1-7,10,17H,8-9,11-12H2,(H,21,26)(H,22,23,24,25). The summed E-state index contributed by atoms with van der Waals surface area (Å²) in [6, 6.07) is 16.4. The SMILES string of the molecule is O=C(NC1Cc2ccccc2C1)c1cccc(C2(c3nn[nH]n3)CC2)c1. The number of hydrogen-bond donors (Lipinski definition) is 2. The number of amides is 1. The van der Waals surface area contributed by atoms with Crippen molar-refractivity contribution >= 4 is 5.91 Å². The van der Waals surface area contributed by atoms with Crippen molar-refractivity contribution in [2.24, 2.45) is 0 Å². The van der Waals surface area contributed by atoms with Gasteiger partial charge in [-0.2, -0.15) is 5.21 Å². The molecule has 1 saturated carbocycles. The monoisotopic (exact) mass is 345 g/mol. The van der Waals surface area contributed by atoms with Gasteiger partial charge in [0.05, 0.1) is 5.41 Å². The molecule has 0 spiro atoms. The van der Waals surface area contributed by atoms with Crippen LogP contribution in [0.2, 0.25) is 0 Å². The molecule has 5 rings (SSSR count). The van der Waals surface area contributed by atoms with Gasteiger partial charge >= 0.3 is 0 Å². The predicted octanol–water partition coefficient (Wildman–Crippen LogP) is 2.18. The number of benzene rings is 2. The van der Waals surface area contributed by atoms with Crippen LogP contribution in [-0.2, 0) is 18.3 Å². The number of H-pyrrole nitrogens is 1. The number of tetrazole rings is 1. The number of fused-ring (bicyclic) bond motifs is 1. The lowest BCUT2D eigenvalue weighted by molar-refractivity contribution is 0.0938. The molecule has 1 amide bonds. The zero-order chi connectivity index (χ0) is 17.6. The van der Waals surface area contributed by atoms with Crippen molar-refractivity contribution in [2.75, 3.05) is 0 Å². The Bertz CT molecular complexity index is 937. The Kier molecular flexibility index (Phi) is 3.38. The maximum Gasteiger partial charge on any atom is 0.251 e. The van der Waals surface area contributed by atoms with E-state index in [2.05, 4.69) is 50.2 Å². The molecule has 2 aliphatic rings. The molecule has 1 fully saturated rings. The topological polar surface area (TPSA) is 83.6 Å². The molecule has 1 heterocycles. The maximum atomic E-state index is 12.8. The van der Waals surface area contributed by atoms with Gasteiger partial charge in [-0.15, -0.1) is 10.2 Å². The highest BCUT2D eigenvalue weighted by Crippen LogP contribution is 2.51. The molecule has 0 radical (unpaired) electrons. The van der Waals surface area contributed by atoms with Crippen LogP contribution in [0.1, 0.15) is 45.7 Å². The Morgan fingerprint density at radius 2 is 1.85 bits per heavy atom. The lowest BCUT2D eigenvalue weighted by Gasteiger charge is -2.15. The Balaban J connectivity index is 1.34. The summed E-state index contributed by atoms with van der Waals surface area (Å²) in [4.78, 5) is 12.8. The highest BCUT2D eigenvalue weighted by molar-refractivity contribution is 5.94. The molecule has 2 N–H and O–H groups in total. The summed E-state index contributed by atoms with van der Waals surface area (Å²) < 4.78 is 0. The van der Waals surface area contributed by atoms with E-state index in [9.17, 15) is 4.79 Å². The van der Waals surface area contributed by atoms with Crippen LogP contribution in [0, 0.1) is 0 Å². The van der Waals surface area contributed by atoms with Crippen LogP contribution in [-0.4, -0.2) is 32.6 Å². The van der Waals surface area contributed by atoms with Crippen LogP contribution in [0.5, 0.6) is 0 Å². The average molecular weight is 345 g/mol. The maximum absolute atomic E-state index is 12.8. The Morgan fingerprint density at radius 3 is 2.50 bits per heavy atom. The second kappa shape index (κ2) is 5.76. The zero-order valence-electron chi connectivity index (χ0n) is 14.3. The summed E-state index contributed by atoms with van der Waals surface area (Å²) in [6.45, 7) is 0. The minimum Gasteiger partial charge on any atom is -0.349 e. The third-order valence-electron chi connectivity index (χ3n) is 5.59. The summed E-state index contributed by atoms with van der Waals surface area (Å²) >= 11 is 0. The van der Waals surface area contributed by atoms with E-state index in [1.807, 2.05) is 24.3 Å². The van der Waals surface area contributed by atoms with Gasteiger partial charge in [0.2, 0.25) is 0 Å². The normalized spacial score (nSPS) is 17.7. The fourth-order valence-corrected chi connectivity index (χ4v) is 4.02. The Morgan fingerprint density at radius 1 is 1.08 bits per heavy atom. The molecule has 2 aromatic carbocycles. The molecule has 1 aromatic heterocycles. The highest BCUT2D eigenvalue weighted by Gasteiger charge is 2.49. The van der Waals surface area contributed by atoms with Gasteiger partial charge in [0.1, 0.15) is 0 Å². The van der Waals surface area contributed by atoms with Crippen LogP contribution < -0.4 is 5.32 Å². The molecular weight excluding hydrogens is 326 g/mol. The van der Waals surface area contributed by atoms with Gasteiger partial charge in [-0.1, -0.05) is 41.6 Å². The number of aromatic amines is 1. The number of rotatable bonds is 4. The first-order chi connectivity index (χ1) is 12.7. The molecule has 3 aromatic rings. The van der Waals surface area contributed by atoms with Crippen molar-refractivity contribution in [3.05, 3.63) is 76.6 Å². The quantitative estimate of drug-likeness (QED) is 0.759. The van der Waals surface area contributed by atoms with Gasteiger partial charge in [-0.3, -0.25) is 4.79 Å². The zero-order valence-corrected chi connectivity index (χ0v) is 14.3. The third-order valence-corrected chi connectivity index (χ3v) is 5.59. The summed E-state index contributed by atoms with van der Waals surface area (Å²) in [6.07, 6.45) is 3.76. The first-order valence-electron chi connectivity index (χ1n) is 8.97. The molecule has 0 aliphatic heterocycles. The fourth-order valence-electron chi connectivity index (χ4n) is 4.02. The van der Waals surface area contributed by atoms with Gasteiger partial charge in [0.15, 0.2) is 5.82 Å². The number of hydrogen-bond acceptors (Lipinski definition) is 4. The van der Waals surface area contributed by atoms with E-state index in [1.165, 1.54) is 11.1 Å². The fraction of sp³-hybridized carbons (Fsp3) is 0.300. The lowest BCUT2D eigenvalue weighted by Crippen LogP contribution is -2.35. The van der Waals surface area contributed by atoms with E-state index in [0.29, 0.717) is 11.4 Å². The van der Waals surface area contributed by atoms with E-state index in [0.717, 1.165) is 31.2 Å². The van der Waals surface area contributed by atoms with Crippen LogP contribution in [0.3, 0.4) is 0 Å². The highest BCUT2D eigenvalue weighted by atomic mass is 16.1. The molecule has 130 valence electrons. The number of nitrogens with one attached hydrogen (secondary N) is 2. The predicted molar refractivity (Wildman–Crippen MR) is 95.7 cm³/mol. The molecule has 0 bridgehead atoms. The van der Waals surface area contributed by atoms with Gasteiger partial charge in [-0.25, -0.2) is 0 Å². The van der Waals surface area contributed by atoms with Crippen LogP contribution >= 0.6 is 0 Å². The van der Waals surface area contributed by atoms with Gasteiger partial charge in [0.25, 0.3) is 5.91 Å². The van der Waals surface area contributed by atoms with Gasteiger partial charge < -0.3 is 5.32 Å². The number of aromatic nitrogens is 4. The van der Waals surface area contributed by atoms with Crippen molar-refractivity contribution in [1.29, 1.82) is 0 Å². The number of nitrogens with zero attached hydrogens (tertiary/aromatic N) is 3. The van der Waals surface area contributed by atoms with Crippen molar-refractivity contribution in [1.82, 2.24) is 25.9 Å². The van der Waals surface area contributed by atoms with Crippen molar-refractivity contribution in [3.8, 4) is 0 Å². The Labute approximate surface area is 151 Å². The number of carbonyl (C=O) groups is 1. The first-order valence-corrected chi connectivity index (χ1v) is 8.97. The molecule has 0 atom stereocenters. The second-order valence-electron chi connectivity index (χ2n) is 7.25. The van der Waals surface area contributed by atoms with E-state index in [4.69, 9.17) is 0 Å². The first kappa shape index (κ1) is 15.3. The minimum absolute atomic E-state index is 0.0198. The minimum atomic E-state index is -0.188. The average Bonchev–Trinajstić information content (AvgIpc) is 3.10. The van der Waals surface area contributed by atoms with E-state index in [1.54, 1.807) is 0 Å². The van der Waals surface area contributed by atoms with E-state index in [-0.39, 0.29) is 17.4 Å². The van der Waals surface area contributed by atoms with E-state index < -0.39 is 0 Å². The van der Waals surface area contributed by atoms with Crippen molar-refractivity contribution in [3.63, 3.8) is 0 Å². The smallest absolute Gasteiger partial charge is 0.251 e. The summed E-state index contributed by atoms with van der Waals surface area (Å²) in [7, 11) is 0. The number of carbonyl (C=O) groups excluding carboxylic acids is 1. The summed E-state index contributed by atoms with van der Waals surface area (Å²) in [5.74, 6) is 0.690. The molecule has 2 aliphatic carbocycles. The third kappa shape index (κ3) is 2.49. The van der Waals surface area contributed by atoms with Crippen LogP contribution in [0.4, 0.5) is 0 Å². The molecule has 0 saturated heterocycles. The second-order valence-corrected chi connectivity index (χ2v) is 7.25. The van der Waals surface area contributed by atoms with Crippen molar-refractivity contribution < 1.29 is 4.79 Å². The van der Waals surface area contributed by atoms with Crippen LogP contribution in [0.15, 0.2) is 48.5 Å². The molecular formula is C20H19N5O. The molecule has 0 unspecified atom stereocenters.